The molecule has 8 nitrogen and oxygen atoms in total. The van der Waals surface area contributed by atoms with Crippen LogP contribution in [0.2, 0.25) is 0 Å². The number of fused-ring (bicyclic) bond motifs is 6. The van der Waals surface area contributed by atoms with Crippen LogP contribution in [0.4, 0.5) is 5.69 Å². The van der Waals surface area contributed by atoms with Crippen molar-refractivity contribution in [2.24, 2.45) is 0 Å². The highest BCUT2D eigenvalue weighted by molar-refractivity contribution is 6.00. The van der Waals surface area contributed by atoms with Gasteiger partial charge in [-0.25, -0.2) is 4.85 Å². The fourth-order valence-corrected chi connectivity index (χ4v) is 5.27. The van der Waals surface area contributed by atoms with E-state index in [4.69, 9.17) is 16.0 Å². The van der Waals surface area contributed by atoms with E-state index in [0.717, 1.165) is 0 Å². The molecule has 0 saturated carbocycles. The van der Waals surface area contributed by atoms with E-state index in [-0.39, 0.29) is 31.2 Å². The Hall–Kier alpha value is -3.54. The largest absolute Gasteiger partial charge is 0.494 e. The molecule has 0 spiro atoms. The minimum absolute atomic E-state index is 0.0472. The third-order valence-electron chi connectivity index (χ3n) is 6.69. The molecular weight excluding hydrogens is 412 g/mol. The van der Waals surface area contributed by atoms with Gasteiger partial charge < -0.3 is 24.8 Å². The molecule has 8 heteroatoms. The van der Waals surface area contributed by atoms with E-state index in [1.807, 2.05) is 24.3 Å². The smallest absolute Gasteiger partial charge is 0.302 e. The highest BCUT2D eigenvalue weighted by Crippen LogP contribution is 2.65. The number of carbonyl (C=O) groups is 1. The molecule has 3 aromatic rings. The topological polar surface area (TPSA) is 106 Å². The van der Waals surface area contributed by atoms with Crippen molar-refractivity contribution in [3.05, 3.63) is 58.9 Å². The highest BCUT2D eigenvalue weighted by atomic mass is 16.6. The summed E-state index contributed by atoms with van der Waals surface area (Å²) in [5.41, 5.74) is -0.622. The van der Waals surface area contributed by atoms with Crippen LogP contribution in [-0.4, -0.2) is 38.6 Å². The fourth-order valence-electron chi connectivity index (χ4n) is 5.27. The van der Waals surface area contributed by atoms with Crippen LogP contribution in [0.3, 0.4) is 0 Å². The van der Waals surface area contributed by atoms with Gasteiger partial charge >= 0.3 is 5.97 Å². The number of hydrogen-bond acceptors (Lipinski definition) is 6. The van der Waals surface area contributed by atoms with Crippen LogP contribution >= 0.6 is 0 Å². The summed E-state index contributed by atoms with van der Waals surface area (Å²) < 4.78 is 12.6. The summed E-state index contributed by atoms with van der Waals surface area (Å²) in [7, 11) is 0. The van der Waals surface area contributed by atoms with Gasteiger partial charge in [0.15, 0.2) is 5.69 Å². The molecule has 3 N–H and O–H groups in total. The second kappa shape index (κ2) is 6.73. The molecule has 1 saturated heterocycles. The number of hydrogen-bond donors (Lipinski definition) is 3. The number of benzene rings is 2. The van der Waals surface area contributed by atoms with Crippen molar-refractivity contribution in [3.8, 4) is 17.4 Å². The van der Waals surface area contributed by atoms with Crippen LogP contribution < -0.4 is 0 Å². The quantitative estimate of drug-likeness (QED) is 0.427. The average molecular weight is 434 g/mol. The zero-order valence-corrected chi connectivity index (χ0v) is 17.6. The second-order valence-electron chi connectivity index (χ2n) is 8.51. The zero-order chi connectivity index (χ0) is 22.8. The standard InChI is InChI=1S/C24H22N2O6/c1-13(27)31-11-10-24-12-18(28)23(2,32-24)19-20(24)22(30)26(21(19)29)17-9-8-16(25-3)14-6-4-5-7-15(14)17/h4-9,18,28-30H,10-12H2,1-2H3/t18-,23?,24?/m1/s1. The van der Waals surface area contributed by atoms with E-state index < -0.39 is 23.3 Å². The molecule has 0 radical (unpaired) electrons. The van der Waals surface area contributed by atoms with E-state index in [0.29, 0.717) is 33.3 Å². The number of aliphatic hydroxyl groups excluding tert-OH is 1. The maximum Gasteiger partial charge on any atom is 0.302 e. The Balaban J connectivity index is 1.73. The zero-order valence-electron chi connectivity index (χ0n) is 17.6. The molecule has 164 valence electrons. The molecule has 2 bridgehead atoms. The Bertz CT molecular complexity index is 1320. The van der Waals surface area contributed by atoms with Gasteiger partial charge in [-0.15, -0.1) is 0 Å². The Labute approximate surface area is 184 Å². The number of carbonyl (C=O) groups excluding carboxylic acids is 1. The number of rotatable bonds is 4. The van der Waals surface area contributed by atoms with Crippen molar-refractivity contribution >= 4 is 22.4 Å². The minimum atomic E-state index is -1.22. The average Bonchev–Trinajstić information content (AvgIpc) is 3.29. The Kier molecular flexibility index (Phi) is 4.28. The Morgan fingerprint density at radius 2 is 1.91 bits per heavy atom. The van der Waals surface area contributed by atoms with Gasteiger partial charge in [0, 0.05) is 19.8 Å². The van der Waals surface area contributed by atoms with E-state index in [1.165, 1.54) is 11.5 Å². The monoisotopic (exact) mass is 434 g/mol. The van der Waals surface area contributed by atoms with Crippen LogP contribution in [0.15, 0.2) is 36.4 Å². The van der Waals surface area contributed by atoms with Crippen molar-refractivity contribution in [1.29, 1.82) is 0 Å². The fraction of sp³-hybridized carbons (Fsp3) is 0.333. The summed E-state index contributed by atoms with van der Waals surface area (Å²) >= 11 is 0. The molecule has 1 fully saturated rings. The van der Waals surface area contributed by atoms with Gasteiger partial charge in [-0.2, -0.15) is 0 Å². The lowest BCUT2D eigenvalue weighted by Crippen LogP contribution is -2.33. The number of aliphatic hydroxyl groups is 1. The van der Waals surface area contributed by atoms with Crippen molar-refractivity contribution in [2.75, 3.05) is 6.61 Å². The third-order valence-corrected chi connectivity index (χ3v) is 6.69. The first-order chi connectivity index (χ1) is 15.2. The van der Waals surface area contributed by atoms with Crippen LogP contribution in [0.5, 0.6) is 11.8 Å². The summed E-state index contributed by atoms with van der Waals surface area (Å²) in [6, 6.07) is 10.6. The molecule has 5 rings (SSSR count). The van der Waals surface area contributed by atoms with E-state index in [9.17, 15) is 20.1 Å². The van der Waals surface area contributed by atoms with Gasteiger partial charge in [0.25, 0.3) is 0 Å². The lowest BCUT2D eigenvalue weighted by atomic mass is 9.76. The van der Waals surface area contributed by atoms with Crippen molar-refractivity contribution in [2.45, 2.75) is 44.0 Å². The summed E-state index contributed by atoms with van der Waals surface area (Å²) in [5.74, 6) is -0.859. The van der Waals surface area contributed by atoms with Crippen LogP contribution in [0.25, 0.3) is 21.3 Å². The van der Waals surface area contributed by atoms with Crippen molar-refractivity contribution in [1.82, 2.24) is 4.57 Å². The summed E-state index contributed by atoms with van der Waals surface area (Å²) in [5, 5.41) is 34.8. The van der Waals surface area contributed by atoms with Gasteiger partial charge in [0.05, 0.1) is 36.1 Å². The molecule has 0 aliphatic carbocycles. The first-order valence-electron chi connectivity index (χ1n) is 10.3. The Morgan fingerprint density at radius 3 is 2.59 bits per heavy atom. The predicted molar refractivity (Wildman–Crippen MR) is 115 cm³/mol. The van der Waals surface area contributed by atoms with Crippen LogP contribution in [0, 0.1) is 6.57 Å². The van der Waals surface area contributed by atoms with E-state index >= 15 is 0 Å². The maximum absolute atomic E-state index is 11.3. The molecule has 2 unspecified atom stereocenters. The molecule has 3 heterocycles. The van der Waals surface area contributed by atoms with Gasteiger partial charge in [-0.1, -0.05) is 30.3 Å². The van der Waals surface area contributed by atoms with Gasteiger partial charge in [-0.3, -0.25) is 9.36 Å². The van der Waals surface area contributed by atoms with Crippen LogP contribution in [0.1, 0.15) is 37.8 Å². The molecular formula is C24H22N2O6. The number of aromatic hydroxyl groups is 2. The molecule has 2 aliphatic rings. The SMILES string of the molecule is [C-]#[N+]c1ccc(-n2c(O)c3c(c2O)C2(C)OC3(CCOC(C)=O)C[C@H]2O)c2ccccc12. The van der Waals surface area contributed by atoms with Crippen molar-refractivity contribution in [3.63, 3.8) is 0 Å². The first-order valence-corrected chi connectivity index (χ1v) is 10.3. The number of aromatic nitrogens is 1. The summed E-state index contributed by atoms with van der Waals surface area (Å²) in [4.78, 5) is 14.8. The molecule has 3 atom stereocenters. The third kappa shape index (κ3) is 2.52. The molecule has 1 aromatic heterocycles. The van der Waals surface area contributed by atoms with E-state index in [2.05, 4.69) is 4.85 Å². The lowest BCUT2D eigenvalue weighted by Gasteiger charge is -2.26. The first kappa shape index (κ1) is 20.4. The van der Waals surface area contributed by atoms with Crippen LogP contribution in [-0.2, 0) is 25.5 Å². The second-order valence-corrected chi connectivity index (χ2v) is 8.51. The molecule has 0 amide bonds. The Morgan fingerprint density at radius 1 is 1.22 bits per heavy atom. The number of nitrogens with zero attached hydrogens (tertiary/aromatic N) is 2. The lowest BCUT2D eigenvalue weighted by molar-refractivity contribution is -0.145. The normalized spacial score (nSPS) is 25.6. The molecule has 2 aromatic carbocycles. The predicted octanol–water partition coefficient (Wildman–Crippen LogP) is 3.75. The van der Waals surface area contributed by atoms with E-state index in [1.54, 1.807) is 19.1 Å². The molecule has 32 heavy (non-hydrogen) atoms. The number of esters is 1. The van der Waals surface area contributed by atoms with Gasteiger partial charge in [0.2, 0.25) is 11.8 Å². The van der Waals surface area contributed by atoms with Gasteiger partial charge in [0.1, 0.15) is 11.2 Å². The highest BCUT2D eigenvalue weighted by Gasteiger charge is 2.66. The number of ether oxygens (including phenoxy) is 2. The summed E-state index contributed by atoms with van der Waals surface area (Å²) in [6.07, 6.45) is -0.484. The summed E-state index contributed by atoms with van der Waals surface area (Å²) in [6.45, 7) is 10.5. The maximum atomic E-state index is 11.3. The molecule has 2 aliphatic heterocycles. The van der Waals surface area contributed by atoms with Gasteiger partial charge in [-0.05, 0) is 23.8 Å². The minimum Gasteiger partial charge on any atom is -0.494 e. The van der Waals surface area contributed by atoms with Crippen molar-refractivity contribution < 1.29 is 29.6 Å².